The molecule has 0 heterocycles. The zero-order chi connectivity index (χ0) is 23.0. The molecule has 0 fully saturated rings. The van der Waals surface area contributed by atoms with Crippen molar-refractivity contribution in [1.29, 1.82) is 0 Å². The van der Waals surface area contributed by atoms with Crippen LogP contribution in [-0.4, -0.2) is 36.6 Å². The number of hydrogen-bond donors (Lipinski definition) is 2. The molecule has 0 aliphatic heterocycles. The highest BCUT2D eigenvalue weighted by Gasteiger charge is 2.29. The first-order chi connectivity index (χ1) is 14.9. The molecular formula is C26H38O5. The van der Waals surface area contributed by atoms with Crippen LogP contribution in [0, 0.1) is 0 Å². The van der Waals surface area contributed by atoms with Gasteiger partial charge in [0.1, 0.15) is 0 Å². The van der Waals surface area contributed by atoms with Gasteiger partial charge in [0, 0.05) is 11.8 Å². The Bertz CT molecular complexity index is 752. The Morgan fingerprint density at radius 2 is 1.03 bits per heavy atom. The molecule has 2 aromatic rings. The van der Waals surface area contributed by atoms with Crippen LogP contribution >= 0.6 is 0 Å². The van der Waals surface area contributed by atoms with Crippen LogP contribution < -0.4 is 9.47 Å². The van der Waals surface area contributed by atoms with Crippen molar-refractivity contribution in [3.05, 3.63) is 47.5 Å². The molecule has 0 spiro atoms. The van der Waals surface area contributed by atoms with E-state index in [0.29, 0.717) is 11.5 Å². The molecule has 0 bridgehead atoms. The molecule has 0 saturated carbocycles. The van der Waals surface area contributed by atoms with Crippen LogP contribution in [0.1, 0.15) is 76.3 Å². The second-order valence-corrected chi connectivity index (χ2v) is 7.92. The minimum absolute atomic E-state index is 0.0391. The Hall–Kier alpha value is -2.40. The summed E-state index contributed by atoms with van der Waals surface area (Å²) in [5.74, 6) is 1.66. The number of benzene rings is 2. The lowest BCUT2D eigenvalue weighted by Crippen LogP contribution is -2.31. The molecule has 0 aromatic heterocycles. The van der Waals surface area contributed by atoms with E-state index in [2.05, 4.69) is 27.7 Å². The average Bonchev–Trinajstić information content (AvgIpc) is 2.79. The van der Waals surface area contributed by atoms with Crippen molar-refractivity contribution in [3.8, 4) is 23.0 Å². The third kappa shape index (κ3) is 5.85. The van der Waals surface area contributed by atoms with Crippen LogP contribution in [0.5, 0.6) is 23.0 Å². The molecule has 4 unspecified atom stereocenters. The molecule has 4 atom stereocenters. The number of aromatic hydroxyl groups is 2. The lowest BCUT2D eigenvalue weighted by atomic mass is 9.86. The van der Waals surface area contributed by atoms with Crippen molar-refractivity contribution in [3.63, 3.8) is 0 Å². The Balaban J connectivity index is 2.31. The van der Waals surface area contributed by atoms with Gasteiger partial charge in [-0.05, 0) is 61.1 Å². The molecule has 0 saturated heterocycles. The van der Waals surface area contributed by atoms with E-state index in [9.17, 15) is 10.2 Å². The first-order valence-corrected chi connectivity index (χ1v) is 11.3. The van der Waals surface area contributed by atoms with Crippen LogP contribution in [0.4, 0.5) is 0 Å². The summed E-state index contributed by atoms with van der Waals surface area (Å²) < 4.78 is 17.4. The molecule has 0 aliphatic carbocycles. The van der Waals surface area contributed by atoms with Crippen LogP contribution in [0.25, 0.3) is 0 Å². The van der Waals surface area contributed by atoms with Gasteiger partial charge in [0.2, 0.25) is 0 Å². The third-order valence-electron chi connectivity index (χ3n) is 6.20. The number of hydrogen-bond acceptors (Lipinski definition) is 5. The van der Waals surface area contributed by atoms with Gasteiger partial charge in [-0.15, -0.1) is 0 Å². The van der Waals surface area contributed by atoms with Crippen LogP contribution in [0.3, 0.4) is 0 Å². The van der Waals surface area contributed by atoms with Gasteiger partial charge in [0.15, 0.2) is 23.0 Å². The number of phenolic OH excluding ortho intramolecular Hbond substituents is 2. The molecule has 5 heteroatoms. The Morgan fingerprint density at radius 1 is 0.645 bits per heavy atom. The SMILES string of the molecule is CCC(OC(CC)C(CC)c1ccc(O)c(OC)c1)C(CC)c1ccc(O)c(OC)c1. The quantitative estimate of drug-likeness (QED) is 0.409. The largest absolute Gasteiger partial charge is 0.504 e. The van der Waals surface area contributed by atoms with Gasteiger partial charge in [0.25, 0.3) is 0 Å². The van der Waals surface area contributed by atoms with E-state index >= 15 is 0 Å². The van der Waals surface area contributed by atoms with Crippen molar-refractivity contribution in [2.24, 2.45) is 0 Å². The summed E-state index contributed by atoms with van der Waals surface area (Å²) in [4.78, 5) is 0. The van der Waals surface area contributed by atoms with Crippen molar-refractivity contribution < 1.29 is 24.4 Å². The molecule has 2 aromatic carbocycles. The van der Waals surface area contributed by atoms with Crippen molar-refractivity contribution in [1.82, 2.24) is 0 Å². The van der Waals surface area contributed by atoms with Gasteiger partial charge in [-0.25, -0.2) is 0 Å². The predicted octanol–water partition coefficient (Wildman–Crippen LogP) is 6.38. The smallest absolute Gasteiger partial charge is 0.160 e. The maximum atomic E-state index is 9.98. The van der Waals surface area contributed by atoms with E-state index in [0.717, 1.165) is 36.8 Å². The number of phenols is 2. The fourth-order valence-electron chi connectivity index (χ4n) is 4.45. The Morgan fingerprint density at radius 3 is 1.32 bits per heavy atom. The van der Waals surface area contributed by atoms with E-state index in [1.54, 1.807) is 26.4 Å². The number of ether oxygens (including phenoxy) is 3. The maximum absolute atomic E-state index is 9.98. The van der Waals surface area contributed by atoms with Gasteiger partial charge in [-0.3, -0.25) is 0 Å². The van der Waals surface area contributed by atoms with E-state index in [-0.39, 0.29) is 35.5 Å². The van der Waals surface area contributed by atoms with Gasteiger partial charge in [-0.2, -0.15) is 0 Å². The highest BCUT2D eigenvalue weighted by molar-refractivity contribution is 5.44. The molecule has 0 amide bonds. The van der Waals surface area contributed by atoms with Crippen LogP contribution in [0.15, 0.2) is 36.4 Å². The molecule has 172 valence electrons. The highest BCUT2D eigenvalue weighted by atomic mass is 16.5. The third-order valence-corrected chi connectivity index (χ3v) is 6.20. The average molecular weight is 431 g/mol. The zero-order valence-corrected chi connectivity index (χ0v) is 19.7. The fraction of sp³-hybridized carbons (Fsp3) is 0.538. The van der Waals surface area contributed by atoms with Crippen LogP contribution in [0.2, 0.25) is 0 Å². The first kappa shape index (κ1) is 24.9. The second kappa shape index (κ2) is 11.8. The first-order valence-electron chi connectivity index (χ1n) is 11.3. The van der Waals surface area contributed by atoms with Gasteiger partial charge >= 0.3 is 0 Å². The standard InChI is InChI=1S/C26H38O5/c1-7-19(17-11-13-21(27)25(15-17)29-5)23(9-3)31-24(10-4)20(8-2)18-12-14-22(28)26(16-18)30-6/h11-16,19-20,23-24,27-28H,7-10H2,1-6H3. The Kier molecular flexibility index (Phi) is 9.50. The predicted molar refractivity (Wildman–Crippen MR) is 125 cm³/mol. The summed E-state index contributed by atoms with van der Waals surface area (Å²) in [6.45, 7) is 8.64. The topological polar surface area (TPSA) is 68.2 Å². The minimum Gasteiger partial charge on any atom is -0.504 e. The second-order valence-electron chi connectivity index (χ2n) is 7.92. The summed E-state index contributed by atoms with van der Waals surface area (Å²) in [6, 6.07) is 11.1. The monoisotopic (exact) mass is 430 g/mol. The lowest BCUT2D eigenvalue weighted by molar-refractivity contribution is -0.0440. The summed E-state index contributed by atoms with van der Waals surface area (Å²) in [6.07, 6.45) is 3.69. The summed E-state index contributed by atoms with van der Waals surface area (Å²) in [5, 5.41) is 20.0. The van der Waals surface area contributed by atoms with Gasteiger partial charge in [0.05, 0.1) is 26.4 Å². The van der Waals surface area contributed by atoms with E-state index in [1.165, 1.54) is 0 Å². The fourth-order valence-corrected chi connectivity index (χ4v) is 4.45. The number of rotatable bonds is 12. The van der Waals surface area contributed by atoms with E-state index in [4.69, 9.17) is 14.2 Å². The zero-order valence-electron chi connectivity index (χ0n) is 19.7. The number of methoxy groups -OCH3 is 2. The maximum Gasteiger partial charge on any atom is 0.160 e. The molecule has 2 N–H and O–H groups in total. The Labute approximate surface area is 187 Å². The van der Waals surface area contributed by atoms with Crippen LogP contribution in [-0.2, 0) is 4.74 Å². The molecule has 2 rings (SSSR count). The summed E-state index contributed by atoms with van der Waals surface area (Å²) in [5.41, 5.74) is 2.22. The van der Waals surface area contributed by atoms with Gasteiger partial charge < -0.3 is 24.4 Å². The van der Waals surface area contributed by atoms with Crippen molar-refractivity contribution in [2.45, 2.75) is 77.4 Å². The van der Waals surface area contributed by atoms with E-state index in [1.807, 2.05) is 24.3 Å². The van der Waals surface area contributed by atoms with Crippen molar-refractivity contribution >= 4 is 0 Å². The van der Waals surface area contributed by atoms with Gasteiger partial charge in [-0.1, -0.05) is 39.8 Å². The van der Waals surface area contributed by atoms with E-state index < -0.39 is 0 Å². The lowest BCUT2D eigenvalue weighted by Gasteiger charge is -2.34. The molecular weight excluding hydrogens is 392 g/mol. The molecule has 5 nitrogen and oxygen atoms in total. The molecule has 31 heavy (non-hydrogen) atoms. The van der Waals surface area contributed by atoms with Crippen molar-refractivity contribution in [2.75, 3.05) is 14.2 Å². The normalized spacial score (nSPS) is 15.2. The summed E-state index contributed by atoms with van der Waals surface area (Å²) >= 11 is 0. The molecule has 0 aliphatic rings. The molecule has 0 radical (unpaired) electrons. The minimum atomic E-state index is 0.0391. The highest BCUT2D eigenvalue weighted by Crippen LogP contribution is 2.38. The summed E-state index contributed by atoms with van der Waals surface area (Å²) in [7, 11) is 3.14.